The molecule has 3 rings (SSSR count). The minimum absolute atomic E-state index is 0.0349. The van der Waals surface area contributed by atoms with Gasteiger partial charge in [-0.05, 0) is 44.0 Å². The van der Waals surface area contributed by atoms with Crippen molar-refractivity contribution in [2.45, 2.75) is 33.7 Å². The summed E-state index contributed by atoms with van der Waals surface area (Å²) in [7, 11) is 1.81. The highest BCUT2D eigenvalue weighted by Gasteiger charge is 2.30. The number of esters is 1. The van der Waals surface area contributed by atoms with Crippen LogP contribution in [0.5, 0.6) is 5.75 Å². The summed E-state index contributed by atoms with van der Waals surface area (Å²) in [6.07, 6.45) is 0.646. The summed E-state index contributed by atoms with van der Waals surface area (Å²) in [5, 5.41) is 4.29. The molecule has 144 valence electrons. The number of hydrogen-bond donors (Lipinski definition) is 0. The zero-order valence-corrected chi connectivity index (χ0v) is 16.2. The van der Waals surface area contributed by atoms with Crippen LogP contribution < -0.4 is 4.74 Å². The van der Waals surface area contributed by atoms with E-state index in [-0.39, 0.29) is 19.1 Å². The molecule has 1 aromatic heterocycles. The van der Waals surface area contributed by atoms with E-state index in [1.807, 2.05) is 39.1 Å². The molecule has 2 aromatic rings. The maximum Gasteiger partial charge on any atom is 0.359 e. The predicted octanol–water partition coefficient (Wildman–Crippen LogP) is 2.18. The maximum absolute atomic E-state index is 12.6. The number of aryl methyl sites for hydroxylation is 3. The summed E-state index contributed by atoms with van der Waals surface area (Å²) in [5.41, 5.74) is 4.33. The number of carbonyl (C=O) groups excluding carboxylic acids is 2. The standard InChI is InChI=1S/C20H25N3O4/c1-5-26-20(25)19-16-11-23(9-8-17(16)22(4)21-19)18(24)12-27-15-7-6-13(2)14(3)10-15/h6-7,10H,5,8-9,11-12H2,1-4H3. The van der Waals surface area contributed by atoms with Crippen molar-refractivity contribution in [3.05, 3.63) is 46.3 Å². The van der Waals surface area contributed by atoms with Crippen LogP contribution in [-0.4, -0.2) is 46.3 Å². The SMILES string of the molecule is CCOC(=O)c1nn(C)c2c1CN(C(=O)COc1ccc(C)c(C)c1)CC2. The highest BCUT2D eigenvalue weighted by molar-refractivity contribution is 5.89. The van der Waals surface area contributed by atoms with E-state index in [2.05, 4.69) is 5.10 Å². The van der Waals surface area contributed by atoms with Gasteiger partial charge in [0.2, 0.25) is 0 Å². The number of rotatable bonds is 5. The van der Waals surface area contributed by atoms with Gasteiger partial charge in [0.15, 0.2) is 12.3 Å². The van der Waals surface area contributed by atoms with Gasteiger partial charge in [-0.1, -0.05) is 6.07 Å². The van der Waals surface area contributed by atoms with Crippen LogP contribution >= 0.6 is 0 Å². The lowest BCUT2D eigenvalue weighted by atomic mass is 10.0. The zero-order valence-electron chi connectivity index (χ0n) is 16.2. The van der Waals surface area contributed by atoms with E-state index >= 15 is 0 Å². The van der Waals surface area contributed by atoms with Gasteiger partial charge in [-0.15, -0.1) is 0 Å². The second kappa shape index (κ2) is 7.82. The van der Waals surface area contributed by atoms with Crippen molar-refractivity contribution in [1.29, 1.82) is 0 Å². The molecule has 7 heteroatoms. The van der Waals surface area contributed by atoms with E-state index in [1.54, 1.807) is 16.5 Å². The summed E-state index contributed by atoms with van der Waals surface area (Å²) in [5.74, 6) is 0.116. The summed E-state index contributed by atoms with van der Waals surface area (Å²) in [6.45, 7) is 6.97. The van der Waals surface area contributed by atoms with Crippen molar-refractivity contribution in [2.75, 3.05) is 19.8 Å². The monoisotopic (exact) mass is 371 g/mol. The Morgan fingerprint density at radius 3 is 2.70 bits per heavy atom. The third-order valence-electron chi connectivity index (χ3n) is 4.90. The van der Waals surface area contributed by atoms with E-state index in [0.29, 0.717) is 31.0 Å². The number of ether oxygens (including phenoxy) is 2. The number of aromatic nitrogens is 2. The van der Waals surface area contributed by atoms with Gasteiger partial charge in [-0.25, -0.2) is 4.79 Å². The van der Waals surface area contributed by atoms with Crippen LogP contribution in [0.1, 0.15) is 39.8 Å². The van der Waals surface area contributed by atoms with Gasteiger partial charge in [0.05, 0.1) is 13.2 Å². The molecule has 0 unspecified atom stereocenters. The minimum Gasteiger partial charge on any atom is -0.484 e. The largest absolute Gasteiger partial charge is 0.484 e. The Morgan fingerprint density at radius 2 is 2.00 bits per heavy atom. The molecule has 0 spiro atoms. The van der Waals surface area contributed by atoms with Crippen molar-refractivity contribution in [1.82, 2.24) is 14.7 Å². The lowest BCUT2D eigenvalue weighted by Crippen LogP contribution is -2.39. The molecule has 27 heavy (non-hydrogen) atoms. The van der Waals surface area contributed by atoms with Crippen molar-refractivity contribution < 1.29 is 19.1 Å². The molecule has 2 heterocycles. The topological polar surface area (TPSA) is 73.7 Å². The Labute approximate surface area is 158 Å². The fourth-order valence-electron chi connectivity index (χ4n) is 3.21. The first-order chi connectivity index (χ1) is 12.9. The van der Waals surface area contributed by atoms with Crippen LogP contribution in [0.15, 0.2) is 18.2 Å². The highest BCUT2D eigenvalue weighted by Crippen LogP contribution is 2.23. The van der Waals surface area contributed by atoms with Gasteiger partial charge in [0.25, 0.3) is 5.91 Å². The average Bonchev–Trinajstić information content (AvgIpc) is 2.99. The molecule has 0 N–H and O–H groups in total. The first-order valence-corrected chi connectivity index (χ1v) is 9.10. The van der Waals surface area contributed by atoms with Crippen LogP contribution in [0.3, 0.4) is 0 Å². The van der Waals surface area contributed by atoms with Crippen molar-refractivity contribution in [3.8, 4) is 5.75 Å². The van der Waals surface area contributed by atoms with E-state index < -0.39 is 5.97 Å². The molecule has 1 aliphatic rings. The fourth-order valence-corrected chi connectivity index (χ4v) is 3.21. The second-order valence-corrected chi connectivity index (χ2v) is 6.72. The lowest BCUT2D eigenvalue weighted by Gasteiger charge is -2.27. The molecule has 0 saturated heterocycles. The van der Waals surface area contributed by atoms with Crippen LogP contribution in [0.2, 0.25) is 0 Å². The van der Waals surface area contributed by atoms with Gasteiger partial charge in [0.1, 0.15) is 5.75 Å². The quantitative estimate of drug-likeness (QED) is 0.753. The molecular formula is C20H25N3O4. The molecule has 0 fully saturated rings. The predicted molar refractivity (Wildman–Crippen MR) is 99.7 cm³/mol. The number of hydrogen-bond acceptors (Lipinski definition) is 5. The van der Waals surface area contributed by atoms with E-state index in [4.69, 9.17) is 9.47 Å². The molecule has 0 bridgehead atoms. The van der Waals surface area contributed by atoms with Gasteiger partial charge in [0, 0.05) is 31.3 Å². The number of carbonyl (C=O) groups is 2. The van der Waals surface area contributed by atoms with E-state index in [0.717, 1.165) is 16.8 Å². The minimum atomic E-state index is -0.449. The Morgan fingerprint density at radius 1 is 1.22 bits per heavy atom. The van der Waals surface area contributed by atoms with Gasteiger partial charge in [-0.3, -0.25) is 9.48 Å². The molecule has 0 aliphatic carbocycles. The van der Waals surface area contributed by atoms with Gasteiger partial charge >= 0.3 is 5.97 Å². The van der Waals surface area contributed by atoms with Crippen LogP contribution in [-0.2, 0) is 29.5 Å². The average molecular weight is 371 g/mol. The fraction of sp³-hybridized carbons (Fsp3) is 0.450. The van der Waals surface area contributed by atoms with Gasteiger partial charge in [-0.2, -0.15) is 5.10 Å². The van der Waals surface area contributed by atoms with E-state index in [9.17, 15) is 9.59 Å². The maximum atomic E-state index is 12.6. The zero-order chi connectivity index (χ0) is 19.6. The number of fused-ring (bicyclic) bond motifs is 1. The third kappa shape index (κ3) is 3.97. The summed E-state index contributed by atoms with van der Waals surface area (Å²) in [4.78, 5) is 26.5. The van der Waals surface area contributed by atoms with Gasteiger partial charge < -0.3 is 14.4 Å². The molecule has 0 radical (unpaired) electrons. The van der Waals surface area contributed by atoms with Crippen LogP contribution in [0.4, 0.5) is 0 Å². The number of nitrogens with zero attached hydrogens (tertiary/aromatic N) is 3. The van der Waals surface area contributed by atoms with Crippen molar-refractivity contribution >= 4 is 11.9 Å². The van der Waals surface area contributed by atoms with Crippen molar-refractivity contribution in [3.63, 3.8) is 0 Å². The normalized spacial score (nSPS) is 13.3. The molecule has 1 amide bonds. The third-order valence-corrected chi connectivity index (χ3v) is 4.90. The number of amides is 1. The first kappa shape index (κ1) is 18.9. The molecule has 0 saturated carbocycles. The summed E-state index contributed by atoms with van der Waals surface area (Å²) < 4.78 is 12.5. The smallest absolute Gasteiger partial charge is 0.359 e. The second-order valence-electron chi connectivity index (χ2n) is 6.72. The molecule has 1 aromatic carbocycles. The summed E-state index contributed by atoms with van der Waals surface area (Å²) in [6, 6.07) is 5.77. The Bertz CT molecular complexity index is 872. The Balaban J connectivity index is 1.68. The van der Waals surface area contributed by atoms with Crippen LogP contribution in [0, 0.1) is 13.8 Å². The Hall–Kier alpha value is -2.83. The van der Waals surface area contributed by atoms with Crippen LogP contribution in [0.25, 0.3) is 0 Å². The highest BCUT2D eigenvalue weighted by atomic mass is 16.5. The molecule has 1 aliphatic heterocycles. The molecule has 0 atom stereocenters. The summed E-state index contributed by atoms with van der Waals surface area (Å²) >= 11 is 0. The van der Waals surface area contributed by atoms with Crippen molar-refractivity contribution in [2.24, 2.45) is 7.05 Å². The van der Waals surface area contributed by atoms with E-state index in [1.165, 1.54) is 5.56 Å². The first-order valence-electron chi connectivity index (χ1n) is 9.10. The number of benzene rings is 1. The molecule has 7 nitrogen and oxygen atoms in total. The lowest BCUT2D eigenvalue weighted by molar-refractivity contribution is -0.134. The Kier molecular flexibility index (Phi) is 5.48. The molecular weight excluding hydrogens is 346 g/mol.